The quantitative estimate of drug-likeness (QED) is 0.502. The van der Waals surface area contributed by atoms with E-state index >= 15 is 0 Å². The van der Waals surface area contributed by atoms with Crippen LogP contribution in [0.5, 0.6) is 0 Å². The molecule has 5 heteroatoms. The molecule has 0 saturated heterocycles. The number of aliphatic hydroxyl groups excluding tert-OH is 2. The van der Waals surface area contributed by atoms with E-state index in [0.717, 1.165) is 0 Å². The summed E-state index contributed by atoms with van der Waals surface area (Å²) in [5.41, 5.74) is -0.280. The first kappa shape index (κ1) is 8.03. The van der Waals surface area contributed by atoms with E-state index in [0.29, 0.717) is 0 Å². The second kappa shape index (κ2) is 3.36. The standard InChI is InChI=1S/C6H10N2O3/c9-4-5(10)3-8-2-1-7-6(8)11/h1-2,5,9-10H,3-4H2,(H,7,11). The van der Waals surface area contributed by atoms with Crippen molar-refractivity contribution in [2.45, 2.75) is 12.6 Å². The predicted octanol–water partition coefficient (Wildman–Crippen LogP) is -1.47. The Balaban J connectivity index is 2.64. The molecule has 0 fully saturated rings. The van der Waals surface area contributed by atoms with Gasteiger partial charge in [-0.15, -0.1) is 0 Å². The molecule has 1 unspecified atom stereocenters. The highest BCUT2D eigenvalue weighted by Crippen LogP contribution is 1.85. The van der Waals surface area contributed by atoms with Crippen molar-refractivity contribution in [3.8, 4) is 0 Å². The molecule has 0 saturated carbocycles. The van der Waals surface area contributed by atoms with E-state index in [-0.39, 0.29) is 18.8 Å². The fourth-order valence-corrected chi connectivity index (χ4v) is 0.778. The topological polar surface area (TPSA) is 78.2 Å². The number of imidazole rings is 1. The van der Waals surface area contributed by atoms with Gasteiger partial charge in [-0.05, 0) is 0 Å². The van der Waals surface area contributed by atoms with Crippen molar-refractivity contribution in [2.24, 2.45) is 0 Å². The van der Waals surface area contributed by atoms with Gasteiger partial charge in [0.15, 0.2) is 0 Å². The third-order valence-electron chi connectivity index (χ3n) is 1.34. The molecule has 0 radical (unpaired) electrons. The summed E-state index contributed by atoms with van der Waals surface area (Å²) < 4.78 is 1.29. The molecular weight excluding hydrogens is 148 g/mol. The second-order valence-electron chi connectivity index (χ2n) is 2.25. The van der Waals surface area contributed by atoms with Gasteiger partial charge in [0.2, 0.25) is 0 Å². The van der Waals surface area contributed by atoms with Gasteiger partial charge in [-0.25, -0.2) is 4.79 Å². The molecule has 1 aromatic heterocycles. The third kappa shape index (κ3) is 1.92. The minimum absolute atomic E-state index is 0.124. The van der Waals surface area contributed by atoms with E-state index in [2.05, 4.69) is 4.98 Å². The Morgan fingerprint density at radius 2 is 2.45 bits per heavy atom. The van der Waals surface area contributed by atoms with Crippen LogP contribution in [-0.4, -0.2) is 32.5 Å². The lowest BCUT2D eigenvalue weighted by atomic mass is 10.4. The van der Waals surface area contributed by atoms with E-state index in [1.165, 1.54) is 17.0 Å². The number of hydrogen-bond acceptors (Lipinski definition) is 3. The summed E-state index contributed by atoms with van der Waals surface area (Å²) >= 11 is 0. The summed E-state index contributed by atoms with van der Waals surface area (Å²) in [4.78, 5) is 13.2. The number of nitrogens with one attached hydrogen (secondary N) is 1. The van der Waals surface area contributed by atoms with Crippen LogP contribution in [0.3, 0.4) is 0 Å². The van der Waals surface area contributed by atoms with E-state index in [4.69, 9.17) is 10.2 Å². The van der Waals surface area contributed by atoms with Gasteiger partial charge < -0.3 is 15.2 Å². The van der Waals surface area contributed by atoms with Crippen molar-refractivity contribution in [3.05, 3.63) is 22.9 Å². The minimum Gasteiger partial charge on any atom is -0.394 e. The molecule has 0 bridgehead atoms. The lowest BCUT2D eigenvalue weighted by Gasteiger charge is -2.05. The highest BCUT2D eigenvalue weighted by atomic mass is 16.3. The smallest absolute Gasteiger partial charge is 0.325 e. The zero-order valence-corrected chi connectivity index (χ0v) is 5.90. The highest BCUT2D eigenvalue weighted by Gasteiger charge is 2.03. The van der Waals surface area contributed by atoms with Crippen molar-refractivity contribution in [1.29, 1.82) is 0 Å². The van der Waals surface area contributed by atoms with E-state index in [1.807, 2.05) is 0 Å². The van der Waals surface area contributed by atoms with E-state index in [1.54, 1.807) is 0 Å². The van der Waals surface area contributed by atoms with Gasteiger partial charge in [0.25, 0.3) is 0 Å². The van der Waals surface area contributed by atoms with Crippen molar-refractivity contribution in [2.75, 3.05) is 6.61 Å². The first-order chi connectivity index (χ1) is 5.24. The minimum atomic E-state index is -0.872. The molecule has 1 atom stereocenters. The van der Waals surface area contributed by atoms with Crippen LogP contribution in [0.2, 0.25) is 0 Å². The third-order valence-corrected chi connectivity index (χ3v) is 1.34. The predicted molar refractivity (Wildman–Crippen MR) is 38.1 cm³/mol. The zero-order valence-electron chi connectivity index (χ0n) is 5.90. The molecule has 1 rings (SSSR count). The van der Waals surface area contributed by atoms with Gasteiger partial charge in [0, 0.05) is 12.4 Å². The van der Waals surface area contributed by atoms with Crippen molar-refractivity contribution < 1.29 is 10.2 Å². The van der Waals surface area contributed by atoms with Gasteiger partial charge in [-0.1, -0.05) is 0 Å². The summed E-state index contributed by atoms with van der Waals surface area (Å²) in [5.74, 6) is 0. The largest absolute Gasteiger partial charge is 0.394 e. The maximum absolute atomic E-state index is 10.8. The van der Waals surface area contributed by atoms with Crippen LogP contribution in [-0.2, 0) is 6.54 Å². The number of H-pyrrole nitrogens is 1. The lowest BCUT2D eigenvalue weighted by molar-refractivity contribution is 0.0805. The summed E-state index contributed by atoms with van der Waals surface area (Å²) in [6.07, 6.45) is 2.12. The molecule has 0 aliphatic carbocycles. The monoisotopic (exact) mass is 158 g/mol. The number of aliphatic hydroxyl groups is 2. The molecule has 11 heavy (non-hydrogen) atoms. The van der Waals surface area contributed by atoms with Crippen LogP contribution < -0.4 is 5.69 Å². The molecule has 1 aromatic rings. The Morgan fingerprint density at radius 3 is 2.91 bits per heavy atom. The van der Waals surface area contributed by atoms with Gasteiger partial charge in [0.05, 0.1) is 19.3 Å². The Hall–Kier alpha value is -1.07. The van der Waals surface area contributed by atoms with Gasteiger partial charge in [0.1, 0.15) is 0 Å². The fraction of sp³-hybridized carbons (Fsp3) is 0.500. The number of rotatable bonds is 3. The van der Waals surface area contributed by atoms with Crippen molar-refractivity contribution in [3.63, 3.8) is 0 Å². The van der Waals surface area contributed by atoms with Crippen LogP contribution in [0.1, 0.15) is 0 Å². The number of aromatic amines is 1. The second-order valence-corrected chi connectivity index (χ2v) is 2.25. The van der Waals surface area contributed by atoms with Gasteiger partial charge in [-0.2, -0.15) is 0 Å². The van der Waals surface area contributed by atoms with Crippen LogP contribution in [0.25, 0.3) is 0 Å². The Labute approximate surface area is 62.9 Å². The lowest BCUT2D eigenvalue weighted by Crippen LogP contribution is -2.26. The average molecular weight is 158 g/mol. The number of hydrogen-bond donors (Lipinski definition) is 3. The van der Waals surface area contributed by atoms with E-state index < -0.39 is 6.10 Å². The molecule has 0 aromatic carbocycles. The normalized spacial score (nSPS) is 13.3. The molecule has 3 N–H and O–H groups in total. The molecule has 62 valence electrons. The zero-order chi connectivity index (χ0) is 8.27. The Bertz CT molecular complexity index is 265. The van der Waals surface area contributed by atoms with Gasteiger partial charge in [-0.3, -0.25) is 4.57 Å². The maximum Gasteiger partial charge on any atom is 0.325 e. The molecule has 0 aliphatic heterocycles. The molecule has 5 nitrogen and oxygen atoms in total. The average Bonchev–Trinajstić information content (AvgIpc) is 2.37. The van der Waals surface area contributed by atoms with Crippen molar-refractivity contribution >= 4 is 0 Å². The highest BCUT2D eigenvalue weighted by molar-refractivity contribution is 4.76. The number of aromatic nitrogens is 2. The maximum atomic E-state index is 10.8. The summed E-state index contributed by atoms with van der Waals surface area (Å²) in [5, 5.41) is 17.4. The summed E-state index contributed by atoms with van der Waals surface area (Å²) in [6, 6.07) is 0. The summed E-state index contributed by atoms with van der Waals surface area (Å²) in [7, 11) is 0. The molecular formula is C6H10N2O3. The first-order valence-corrected chi connectivity index (χ1v) is 3.27. The molecule has 0 aliphatic rings. The van der Waals surface area contributed by atoms with Crippen LogP contribution in [0.15, 0.2) is 17.2 Å². The van der Waals surface area contributed by atoms with Crippen LogP contribution >= 0.6 is 0 Å². The Morgan fingerprint density at radius 1 is 1.73 bits per heavy atom. The van der Waals surface area contributed by atoms with Crippen LogP contribution in [0.4, 0.5) is 0 Å². The number of nitrogens with zero attached hydrogens (tertiary/aromatic N) is 1. The fourth-order valence-electron chi connectivity index (χ4n) is 0.778. The van der Waals surface area contributed by atoms with E-state index in [9.17, 15) is 4.79 Å². The Kier molecular flexibility index (Phi) is 2.45. The first-order valence-electron chi connectivity index (χ1n) is 3.27. The molecule has 1 heterocycles. The SMILES string of the molecule is O=c1[nH]ccn1CC(O)CO. The van der Waals surface area contributed by atoms with Crippen LogP contribution in [0, 0.1) is 0 Å². The summed E-state index contributed by atoms with van der Waals surface area (Å²) in [6.45, 7) is -0.212. The molecule has 0 spiro atoms. The van der Waals surface area contributed by atoms with Crippen molar-refractivity contribution in [1.82, 2.24) is 9.55 Å². The van der Waals surface area contributed by atoms with Gasteiger partial charge >= 0.3 is 5.69 Å². The molecule has 0 amide bonds.